The fourth-order valence-electron chi connectivity index (χ4n) is 2.87. The summed E-state index contributed by atoms with van der Waals surface area (Å²) in [4.78, 5) is 5.68. The van der Waals surface area contributed by atoms with Gasteiger partial charge < -0.3 is 14.3 Å². The number of nitrogens with zero attached hydrogens (tertiary/aromatic N) is 1. The van der Waals surface area contributed by atoms with Gasteiger partial charge >= 0.3 is 0 Å². The molecule has 0 radical (unpaired) electrons. The summed E-state index contributed by atoms with van der Waals surface area (Å²) in [6.07, 6.45) is 1.33. The van der Waals surface area contributed by atoms with E-state index in [0.29, 0.717) is 18.1 Å². The normalized spacial score (nSPS) is 16.0. The molecule has 0 aromatic heterocycles. The highest BCUT2D eigenvalue weighted by atomic mass is 32.2. The number of para-hydroxylation sites is 1. The molecule has 0 bridgehead atoms. The summed E-state index contributed by atoms with van der Waals surface area (Å²) in [7, 11) is -3.30. The molecule has 3 aromatic rings. The predicted molar refractivity (Wildman–Crippen MR) is 109 cm³/mol. The van der Waals surface area contributed by atoms with Crippen LogP contribution in [0.4, 0.5) is 0 Å². The highest BCUT2D eigenvalue weighted by molar-refractivity contribution is 7.90. The average molecular weight is 409 g/mol. The largest absolute Gasteiger partial charge is 0.457 e. The van der Waals surface area contributed by atoms with Gasteiger partial charge in [-0.25, -0.2) is 8.42 Å². The van der Waals surface area contributed by atoms with Crippen LogP contribution in [0, 0.1) is 0 Å². The molecule has 0 saturated heterocycles. The second kappa shape index (κ2) is 7.97. The first kappa shape index (κ1) is 19.0. The van der Waals surface area contributed by atoms with Crippen molar-refractivity contribution in [2.45, 2.75) is 17.4 Å². The number of rotatable bonds is 5. The summed E-state index contributed by atoms with van der Waals surface area (Å²) in [6, 6.07) is 23.5. The molecule has 7 heteroatoms. The molecule has 29 heavy (non-hydrogen) atoms. The Labute approximate surface area is 169 Å². The second-order valence-corrected chi connectivity index (χ2v) is 8.63. The lowest BCUT2D eigenvalue weighted by molar-refractivity contribution is 0.0855. The zero-order valence-corrected chi connectivity index (χ0v) is 16.5. The first-order valence-electron chi connectivity index (χ1n) is 9.01. The van der Waals surface area contributed by atoms with Crippen molar-refractivity contribution in [2.75, 3.05) is 6.26 Å². The van der Waals surface area contributed by atoms with Crippen molar-refractivity contribution in [2.24, 2.45) is 5.16 Å². The van der Waals surface area contributed by atoms with E-state index in [0.717, 1.165) is 23.3 Å². The Bertz CT molecular complexity index is 1130. The van der Waals surface area contributed by atoms with Gasteiger partial charge in [-0.3, -0.25) is 0 Å². The minimum absolute atomic E-state index is 0.195. The van der Waals surface area contributed by atoms with Gasteiger partial charge in [-0.2, -0.15) is 0 Å². The van der Waals surface area contributed by atoms with Crippen LogP contribution in [0.25, 0.3) is 0 Å². The molecule has 0 saturated carbocycles. The van der Waals surface area contributed by atoms with Gasteiger partial charge in [0.25, 0.3) is 0 Å². The third-order valence-corrected chi connectivity index (χ3v) is 5.45. The molecule has 0 fully saturated rings. The van der Waals surface area contributed by atoms with Gasteiger partial charge in [-0.15, -0.1) is 0 Å². The number of oxime groups is 1. The Morgan fingerprint density at radius 3 is 2.28 bits per heavy atom. The first-order chi connectivity index (χ1) is 14.0. The van der Waals surface area contributed by atoms with Crippen molar-refractivity contribution < 1.29 is 22.7 Å². The van der Waals surface area contributed by atoms with E-state index in [2.05, 4.69) is 5.16 Å². The standard InChI is InChI=1S/C22H19NO5S/c1-29(24,25)20-9-5-8-19(14-20)27-22-15-21(28-23-22)16-10-12-18(13-11-16)26-17-6-3-2-4-7-17/h2-14,21H,15H2,1H3/t21-/m0/s1. The lowest BCUT2D eigenvalue weighted by Gasteiger charge is -2.10. The molecule has 0 aliphatic carbocycles. The number of hydrogen-bond acceptors (Lipinski definition) is 6. The van der Waals surface area contributed by atoms with E-state index in [1.54, 1.807) is 12.1 Å². The predicted octanol–water partition coefficient (Wildman–Crippen LogP) is 4.74. The third kappa shape index (κ3) is 4.75. The first-order valence-corrected chi connectivity index (χ1v) is 10.9. The maximum Gasteiger partial charge on any atom is 0.235 e. The van der Waals surface area contributed by atoms with E-state index >= 15 is 0 Å². The van der Waals surface area contributed by atoms with E-state index in [-0.39, 0.29) is 11.0 Å². The zero-order valence-electron chi connectivity index (χ0n) is 15.7. The Balaban J connectivity index is 1.38. The number of hydrogen-bond donors (Lipinski definition) is 0. The molecule has 0 N–H and O–H groups in total. The minimum Gasteiger partial charge on any atom is -0.457 e. The van der Waals surface area contributed by atoms with Crippen LogP contribution < -0.4 is 9.47 Å². The fourth-order valence-corrected chi connectivity index (χ4v) is 3.53. The molecule has 6 nitrogen and oxygen atoms in total. The van der Waals surface area contributed by atoms with Crippen LogP contribution in [0.2, 0.25) is 0 Å². The van der Waals surface area contributed by atoms with Crippen molar-refractivity contribution in [1.82, 2.24) is 0 Å². The Hall–Kier alpha value is -3.32. The lowest BCUT2D eigenvalue weighted by atomic mass is 10.1. The smallest absolute Gasteiger partial charge is 0.235 e. The lowest BCUT2D eigenvalue weighted by Crippen LogP contribution is -2.08. The molecule has 1 atom stereocenters. The highest BCUT2D eigenvalue weighted by Gasteiger charge is 2.25. The van der Waals surface area contributed by atoms with Crippen molar-refractivity contribution in [3.63, 3.8) is 0 Å². The van der Waals surface area contributed by atoms with Gasteiger partial charge in [0, 0.05) is 6.26 Å². The summed E-state index contributed by atoms with van der Waals surface area (Å²) in [5.41, 5.74) is 0.942. The van der Waals surface area contributed by atoms with Gasteiger partial charge in [0.2, 0.25) is 5.90 Å². The molecule has 3 aromatic carbocycles. The molecule has 4 rings (SSSR count). The molecule has 0 amide bonds. The summed E-state index contributed by atoms with van der Waals surface area (Å²) in [5.74, 6) is 2.30. The van der Waals surface area contributed by atoms with Gasteiger partial charge in [-0.05, 0) is 48.0 Å². The number of ether oxygens (including phenoxy) is 2. The Morgan fingerprint density at radius 2 is 1.55 bits per heavy atom. The topological polar surface area (TPSA) is 74.2 Å². The van der Waals surface area contributed by atoms with Gasteiger partial charge in [0.15, 0.2) is 15.9 Å². The molecule has 1 heterocycles. The highest BCUT2D eigenvalue weighted by Crippen LogP contribution is 2.31. The summed E-state index contributed by atoms with van der Waals surface area (Å²) in [6.45, 7) is 0. The summed E-state index contributed by atoms with van der Waals surface area (Å²) in [5, 5.41) is 3.98. The maximum absolute atomic E-state index is 11.7. The number of benzene rings is 3. The van der Waals surface area contributed by atoms with Crippen LogP contribution in [-0.4, -0.2) is 20.6 Å². The number of sulfone groups is 1. The molecule has 0 spiro atoms. The van der Waals surface area contributed by atoms with Gasteiger partial charge in [0.05, 0.1) is 11.3 Å². The van der Waals surface area contributed by atoms with Gasteiger partial charge in [0.1, 0.15) is 17.2 Å². The molecular formula is C22H19NO5S. The van der Waals surface area contributed by atoms with Crippen molar-refractivity contribution in [1.29, 1.82) is 0 Å². The Morgan fingerprint density at radius 1 is 0.862 bits per heavy atom. The molecular weight excluding hydrogens is 390 g/mol. The fraction of sp³-hybridized carbons (Fsp3) is 0.136. The summed E-state index contributed by atoms with van der Waals surface area (Å²) < 4.78 is 34.9. The monoisotopic (exact) mass is 409 g/mol. The van der Waals surface area contributed by atoms with Crippen LogP contribution in [0.1, 0.15) is 18.1 Å². The molecule has 148 valence electrons. The zero-order chi connectivity index (χ0) is 20.3. The van der Waals surface area contributed by atoms with Crippen molar-refractivity contribution in [3.8, 4) is 17.2 Å². The van der Waals surface area contributed by atoms with E-state index in [4.69, 9.17) is 14.3 Å². The van der Waals surface area contributed by atoms with E-state index < -0.39 is 9.84 Å². The maximum atomic E-state index is 11.7. The third-order valence-electron chi connectivity index (χ3n) is 4.34. The van der Waals surface area contributed by atoms with Crippen LogP contribution in [0.3, 0.4) is 0 Å². The molecule has 0 unspecified atom stereocenters. The van der Waals surface area contributed by atoms with Crippen molar-refractivity contribution >= 4 is 15.7 Å². The van der Waals surface area contributed by atoms with Crippen LogP contribution >= 0.6 is 0 Å². The van der Waals surface area contributed by atoms with Crippen LogP contribution in [0.15, 0.2) is 88.9 Å². The summed E-state index contributed by atoms with van der Waals surface area (Å²) >= 11 is 0. The van der Waals surface area contributed by atoms with Crippen molar-refractivity contribution in [3.05, 3.63) is 84.4 Å². The van der Waals surface area contributed by atoms with Crippen LogP contribution in [-0.2, 0) is 14.7 Å². The van der Waals surface area contributed by atoms with E-state index in [1.165, 1.54) is 12.1 Å². The second-order valence-electron chi connectivity index (χ2n) is 6.62. The minimum atomic E-state index is -3.30. The average Bonchev–Trinajstić information content (AvgIpc) is 3.17. The van der Waals surface area contributed by atoms with E-state index in [9.17, 15) is 8.42 Å². The SMILES string of the molecule is CS(=O)(=O)c1cccc(OC2=NO[C@H](c3ccc(Oc4ccccc4)cc3)C2)c1. The molecule has 1 aliphatic rings. The quantitative estimate of drug-likeness (QED) is 0.609. The van der Waals surface area contributed by atoms with Gasteiger partial charge in [-0.1, -0.05) is 41.6 Å². The molecule has 1 aliphatic heterocycles. The Kier molecular flexibility index (Phi) is 5.22. The van der Waals surface area contributed by atoms with Crippen LogP contribution in [0.5, 0.6) is 17.2 Å². The van der Waals surface area contributed by atoms with E-state index in [1.807, 2.05) is 54.6 Å².